The van der Waals surface area contributed by atoms with Crippen molar-refractivity contribution >= 4 is 27.7 Å². The van der Waals surface area contributed by atoms with Crippen molar-refractivity contribution in [3.05, 3.63) is 30.1 Å². The number of rotatable bonds is 5. The first-order valence-electron chi connectivity index (χ1n) is 5.24. The number of carbonyl (C=O) groups is 2. The molecule has 0 spiro atoms. The van der Waals surface area contributed by atoms with Gasteiger partial charge in [-0.25, -0.2) is 0 Å². The van der Waals surface area contributed by atoms with Gasteiger partial charge in [0.15, 0.2) is 11.2 Å². The molecule has 0 aliphatic heterocycles. The molecule has 0 fully saturated rings. The van der Waals surface area contributed by atoms with E-state index >= 15 is 0 Å². The Kier molecular flexibility index (Phi) is 4.81. The molecule has 4 nitrogen and oxygen atoms in total. The van der Waals surface area contributed by atoms with E-state index in [0.717, 1.165) is 0 Å². The van der Waals surface area contributed by atoms with Crippen molar-refractivity contribution in [3.8, 4) is 0 Å². The van der Waals surface area contributed by atoms with Crippen molar-refractivity contribution in [1.29, 1.82) is 0 Å². The summed E-state index contributed by atoms with van der Waals surface area (Å²) in [6, 6.07) is 3.39. The van der Waals surface area contributed by atoms with Gasteiger partial charge >= 0.3 is 5.97 Å². The lowest BCUT2D eigenvalue weighted by molar-refractivity contribution is -0.152. The molecule has 0 N–H and O–H groups in total. The second-order valence-electron chi connectivity index (χ2n) is 3.64. The zero-order valence-electron chi connectivity index (χ0n) is 9.77. The zero-order chi connectivity index (χ0) is 12.9. The van der Waals surface area contributed by atoms with Gasteiger partial charge in [0.2, 0.25) is 0 Å². The van der Waals surface area contributed by atoms with Crippen LogP contribution in [0.15, 0.2) is 24.5 Å². The molecule has 5 heteroatoms. The molecular formula is C12H14BrNO3. The summed E-state index contributed by atoms with van der Waals surface area (Å²) < 4.78 is 4.98. The monoisotopic (exact) mass is 299 g/mol. The van der Waals surface area contributed by atoms with E-state index in [4.69, 9.17) is 4.74 Å². The summed E-state index contributed by atoms with van der Waals surface area (Å²) in [6.45, 7) is 3.51. The number of esters is 1. The Labute approximate surface area is 109 Å². The van der Waals surface area contributed by atoms with Gasteiger partial charge in [0.25, 0.3) is 0 Å². The second-order valence-corrected chi connectivity index (χ2v) is 4.20. The average Bonchev–Trinajstić information content (AvgIpc) is 2.38. The molecule has 0 aromatic carbocycles. The molecule has 0 radical (unpaired) electrons. The Hall–Kier alpha value is -1.23. The first kappa shape index (κ1) is 13.8. The molecule has 1 aromatic rings. The zero-order valence-corrected chi connectivity index (χ0v) is 11.4. The maximum atomic E-state index is 12.0. The van der Waals surface area contributed by atoms with Gasteiger partial charge < -0.3 is 4.74 Å². The Bertz CT molecular complexity index is 407. The Morgan fingerprint density at radius 1 is 1.53 bits per heavy atom. The van der Waals surface area contributed by atoms with Gasteiger partial charge in [-0.05, 0) is 25.5 Å². The third kappa shape index (κ3) is 2.72. The number of pyridine rings is 1. The lowest BCUT2D eigenvalue weighted by Gasteiger charge is -2.25. The van der Waals surface area contributed by atoms with Crippen LogP contribution >= 0.6 is 15.9 Å². The highest BCUT2D eigenvalue weighted by atomic mass is 79.9. The quantitative estimate of drug-likeness (QED) is 0.473. The summed E-state index contributed by atoms with van der Waals surface area (Å²) in [5.41, 5.74) is -0.753. The highest BCUT2D eigenvalue weighted by Crippen LogP contribution is 2.26. The van der Waals surface area contributed by atoms with Crippen molar-refractivity contribution in [3.63, 3.8) is 0 Å². The minimum absolute atomic E-state index is 0.0945. The van der Waals surface area contributed by atoms with E-state index in [1.807, 2.05) is 0 Å². The van der Waals surface area contributed by atoms with E-state index in [1.54, 1.807) is 32.2 Å². The molecule has 0 bridgehead atoms. The van der Waals surface area contributed by atoms with Crippen LogP contribution in [0.5, 0.6) is 0 Å². The van der Waals surface area contributed by atoms with Crippen LogP contribution in [0.1, 0.15) is 19.4 Å². The predicted octanol–water partition coefficient (Wildman–Crippen LogP) is 1.87. The minimum atomic E-state index is -1.30. The first-order valence-corrected chi connectivity index (χ1v) is 6.36. The van der Waals surface area contributed by atoms with Crippen LogP contribution in [-0.2, 0) is 19.7 Å². The highest BCUT2D eigenvalue weighted by molar-refractivity contribution is 9.09. The molecule has 1 rings (SSSR count). The maximum Gasteiger partial charge on any atom is 0.323 e. The summed E-state index contributed by atoms with van der Waals surface area (Å²) in [4.78, 5) is 27.9. The Morgan fingerprint density at radius 2 is 2.24 bits per heavy atom. The SMILES string of the molecule is CCOC(=O)C(C)(C(=O)CBr)c1cccnc1. The van der Waals surface area contributed by atoms with Gasteiger partial charge in [-0.15, -0.1) is 0 Å². The van der Waals surface area contributed by atoms with Crippen molar-refractivity contribution in [2.45, 2.75) is 19.3 Å². The Morgan fingerprint density at radius 3 is 2.71 bits per heavy atom. The van der Waals surface area contributed by atoms with E-state index in [-0.39, 0.29) is 17.7 Å². The fraction of sp³-hybridized carbons (Fsp3) is 0.417. The number of ether oxygens (including phenoxy) is 1. The number of Topliss-reactive ketones (excluding diaryl/α,β-unsaturated/α-hetero) is 1. The van der Waals surface area contributed by atoms with Gasteiger partial charge in [-0.2, -0.15) is 0 Å². The number of ketones is 1. The lowest BCUT2D eigenvalue weighted by Crippen LogP contribution is -2.43. The number of nitrogens with zero attached hydrogens (tertiary/aromatic N) is 1. The molecule has 1 aromatic heterocycles. The largest absolute Gasteiger partial charge is 0.465 e. The van der Waals surface area contributed by atoms with E-state index < -0.39 is 11.4 Å². The summed E-state index contributed by atoms with van der Waals surface area (Å²) in [7, 11) is 0. The van der Waals surface area contributed by atoms with Crippen LogP contribution in [-0.4, -0.2) is 28.7 Å². The van der Waals surface area contributed by atoms with Crippen molar-refractivity contribution < 1.29 is 14.3 Å². The van der Waals surface area contributed by atoms with E-state index in [2.05, 4.69) is 20.9 Å². The van der Waals surface area contributed by atoms with Crippen LogP contribution in [0.2, 0.25) is 0 Å². The number of hydrogen-bond donors (Lipinski definition) is 0. The molecule has 0 aliphatic rings. The molecule has 0 amide bonds. The molecular weight excluding hydrogens is 286 g/mol. The van der Waals surface area contributed by atoms with Crippen molar-refractivity contribution in [1.82, 2.24) is 4.98 Å². The molecule has 92 valence electrons. The van der Waals surface area contributed by atoms with E-state index in [0.29, 0.717) is 5.56 Å². The van der Waals surface area contributed by atoms with Gasteiger partial charge in [-0.1, -0.05) is 22.0 Å². The molecule has 0 saturated heterocycles. The van der Waals surface area contributed by atoms with Crippen LogP contribution < -0.4 is 0 Å². The lowest BCUT2D eigenvalue weighted by atomic mass is 9.80. The fourth-order valence-corrected chi connectivity index (χ4v) is 2.02. The van der Waals surface area contributed by atoms with Crippen LogP contribution in [0.4, 0.5) is 0 Å². The van der Waals surface area contributed by atoms with Gasteiger partial charge in [0, 0.05) is 12.4 Å². The van der Waals surface area contributed by atoms with Gasteiger partial charge in [0.05, 0.1) is 11.9 Å². The number of carbonyl (C=O) groups excluding carboxylic acids is 2. The normalized spacial score (nSPS) is 13.8. The average molecular weight is 300 g/mol. The first-order chi connectivity index (χ1) is 8.07. The highest BCUT2D eigenvalue weighted by Gasteiger charge is 2.43. The summed E-state index contributed by atoms with van der Waals surface area (Å²) in [6.07, 6.45) is 3.10. The van der Waals surface area contributed by atoms with Crippen LogP contribution in [0.3, 0.4) is 0 Å². The maximum absolute atomic E-state index is 12.0. The molecule has 0 saturated carbocycles. The summed E-state index contributed by atoms with van der Waals surface area (Å²) >= 11 is 3.09. The van der Waals surface area contributed by atoms with Crippen LogP contribution in [0.25, 0.3) is 0 Å². The van der Waals surface area contributed by atoms with Gasteiger partial charge in [0.1, 0.15) is 0 Å². The molecule has 0 aliphatic carbocycles. The minimum Gasteiger partial charge on any atom is -0.465 e. The molecule has 1 heterocycles. The standard InChI is InChI=1S/C12H14BrNO3/c1-3-17-11(16)12(2,10(15)7-13)9-5-4-6-14-8-9/h4-6,8H,3,7H2,1-2H3. The van der Waals surface area contributed by atoms with Gasteiger partial charge in [-0.3, -0.25) is 14.6 Å². The molecule has 1 atom stereocenters. The smallest absolute Gasteiger partial charge is 0.323 e. The third-order valence-electron chi connectivity index (χ3n) is 2.60. The van der Waals surface area contributed by atoms with Crippen molar-refractivity contribution in [2.75, 3.05) is 11.9 Å². The number of hydrogen-bond acceptors (Lipinski definition) is 4. The topological polar surface area (TPSA) is 56.3 Å². The fourth-order valence-electron chi connectivity index (χ4n) is 1.46. The van der Waals surface area contributed by atoms with Crippen LogP contribution in [0, 0.1) is 0 Å². The number of halogens is 1. The predicted molar refractivity (Wildman–Crippen MR) is 67.0 cm³/mol. The third-order valence-corrected chi connectivity index (χ3v) is 3.11. The molecule has 1 unspecified atom stereocenters. The van der Waals surface area contributed by atoms with Crippen molar-refractivity contribution in [2.24, 2.45) is 0 Å². The number of alkyl halides is 1. The van der Waals surface area contributed by atoms with E-state index in [1.165, 1.54) is 6.20 Å². The Balaban J connectivity index is 3.20. The number of aromatic nitrogens is 1. The second kappa shape index (κ2) is 5.91. The summed E-state index contributed by atoms with van der Waals surface area (Å²) in [5.74, 6) is -0.790. The van der Waals surface area contributed by atoms with E-state index in [9.17, 15) is 9.59 Å². The summed E-state index contributed by atoms with van der Waals surface area (Å²) in [5, 5.41) is 0.0945. The molecule has 17 heavy (non-hydrogen) atoms.